The molecule has 0 aliphatic carbocycles. The number of nitrogens with zero attached hydrogens (tertiary/aromatic N) is 1. The van der Waals surface area contributed by atoms with Crippen molar-refractivity contribution in [2.45, 2.75) is 12.8 Å². The Labute approximate surface area is 140 Å². The molecule has 2 nitrogen and oxygen atoms in total. The molecule has 0 unspecified atom stereocenters. The average molecular weight is 320 g/mol. The van der Waals surface area contributed by atoms with Gasteiger partial charge in [0, 0.05) is 6.42 Å². The van der Waals surface area contributed by atoms with Crippen LogP contribution in [0.2, 0.25) is 0 Å². The third-order valence-electron chi connectivity index (χ3n) is 3.67. The number of halogens is 1. The molecule has 22 heavy (non-hydrogen) atoms. The monoisotopic (exact) mass is 319 g/mol. The van der Waals surface area contributed by atoms with Gasteiger partial charge >= 0.3 is 0 Å². The number of rotatable bonds is 6. The number of quaternary nitrogens is 1. The summed E-state index contributed by atoms with van der Waals surface area (Å²) < 4.78 is 6.23. The molecule has 120 valence electrons. The highest BCUT2D eigenvalue weighted by Gasteiger charge is 2.06. The predicted molar refractivity (Wildman–Crippen MR) is 89.7 cm³/mol. The fourth-order valence-electron chi connectivity index (χ4n) is 2.40. The van der Waals surface area contributed by atoms with Crippen LogP contribution in [0.1, 0.15) is 12.0 Å². The summed E-state index contributed by atoms with van der Waals surface area (Å²) in [6.07, 6.45) is 2.38. The second-order valence-electron chi connectivity index (χ2n) is 6.54. The molecule has 0 saturated heterocycles. The van der Waals surface area contributed by atoms with Crippen molar-refractivity contribution < 1.29 is 21.6 Å². The first-order valence-corrected chi connectivity index (χ1v) is 7.52. The van der Waals surface area contributed by atoms with Crippen LogP contribution in [-0.2, 0) is 6.42 Å². The molecule has 0 fully saturated rings. The van der Waals surface area contributed by atoms with E-state index in [-0.39, 0.29) is 12.4 Å². The molecule has 0 radical (unpaired) electrons. The number of hydrogen-bond acceptors (Lipinski definition) is 1. The van der Waals surface area contributed by atoms with Gasteiger partial charge in [-0.15, -0.1) is 0 Å². The van der Waals surface area contributed by atoms with Gasteiger partial charge in [-0.3, -0.25) is 0 Å². The summed E-state index contributed by atoms with van der Waals surface area (Å²) in [5.74, 6) is 0.899. The largest absolute Gasteiger partial charge is 1.00 e. The van der Waals surface area contributed by atoms with Crippen LogP contribution in [-0.4, -0.2) is 39.3 Å². The van der Waals surface area contributed by atoms with Gasteiger partial charge in [-0.05, 0) is 35.2 Å². The van der Waals surface area contributed by atoms with E-state index in [9.17, 15) is 0 Å². The van der Waals surface area contributed by atoms with Crippen LogP contribution in [0.25, 0.3) is 11.1 Å². The molecule has 0 atom stereocenters. The van der Waals surface area contributed by atoms with E-state index in [0.29, 0.717) is 0 Å². The van der Waals surface area contributed by atoms with Gasteiger partial charge in [0.25, 0.3) is 0 Å². The van der Waals surface area contributed by atoms with Crippen LogP contribution in [0.3, 0.4) is 0 Å². The first kappa shape index (κ1) is 18.5. The molecular weight excluding hydrogens is 294 g/mol. The van der Waals surface area contributed by atoms with E-state index < -0.39 is 0 Å². The lowest BCUT2D eigenvalue weighted by molar-refractivity contribution is -0.870. The van der Waals surface area contributed by atoms with E-state index in [1.165, 1.54) is 29.7 Å². The summed E-state index contributed by atoms with van der Waals surface area (Å²) in [7, 11) is 8.42. The average Bonchev–Trinajstić information content (AvgIpc) is 2.47. The number of ether oxygens (including phenoxy) is 1. The van der Waals surface area contributed by atoms with E-state index in [0.717, 1.165) is 16.7 Å². The number of benzene rings is 2. The van der Waals surface area contributed by atoms with Gasteiger partial charge in [0.05, 0.1) is 34.8 Å². The minimum atomic E-state index is 0. The van der Waals surface area contributed by atoms with Crippen molar-refractivity contribution in [1.29, 1.82) is 0 Å². The van der Waals surface area contributed by atoms with Crippen LogP contribution in [0, 0.1) is 0 Å². The van der Waals surface area contributed by atoms with Crippen LogP contribution < -0.4 is 17.1 Å². The van der Waals surface area contributed by atoms with Crippen molar-refractivity contribution in [3.8, 4) is 16.9 Å². The SMILES string of the molecule is COc1ccc(-c2ccc(CCC[N+](C)(C)C)cc2)cc1.[Cl-]. The minimum absolute atomic E-state index is 0. The zero-order chi connectivity index (χ0) is 15.3. The van der Waals surface area contributed by atoms with E-state index in [4.69, 9.17) is 4.74 Å². The molecule has 2 aromatic carbocycles. The Morgan fingerprint density at radius 1 is 0.818 bits per heavy atom. The lowest BCUT2D eigenvalue weighted by atomic mass is 10.0. The molecule has 0 saturated carbocycles. The Morgan fingerprint density at radius 2 is 1.32 bits per heavy atom. The maximum atomic E-state index is 5.19. The Hall–Kier alpha value is -1.51. The first-order valence-electron chi connectivity index (χ1n) is 7.52. The number of aryl methyl sites for hydroxylation is 1. The quantitative estimate of drug-likeness (QED) is 0.722. The molecule has 2 aromatic rings. The van der Waals surface area contributed by atoms with Crippen LogP contribution in [0.5, 0.6) is 5.75 Å². The molecule has 0 spiro atoms. The van der Waals surface area contributed by atoms with Crippen LogP contribution in [0.4, 0.5) is 0 Å². The maximum Gasteiger partial charge on any atom is 0.118 e. The Bertz CT molecular complexity index is 555. The fourth-order valence-corrected chi connectivity index (χ4v) is 2.40. The molecule has 0 aromatic heterocycles. The minimum Gasteiger partial charge on any atom is -1.00 e. The van der Waals surface area contributed by atoms with Crippen molar-refractivity contribution in [3.63, 3.8) is 0 Å². The molecule has 0 aliphatic rings. The van der Waals surface area contributed by atoms with E-state index in [2.05, 4.69) is 57.5 Å². The summed E-state index contributed by atoms with van der Waals surface area (Å²) in [5, 5.41) is 0. The lowest BCUT2D eigenvalue weighted by Gasteiger charge is -2.23. The van der Waals surface area contributed by atoms with E-state index in [1.54, 1.807) is 7.11 Å². The third kappa shape index (κ3) is 5.70. The zero-order valence-electron chi connectivity index (χ0n) is 14.0. The summed E-state index contributed by atoms with van der Waals surface area (Å²) in [4.78, 5) is 0. The van der Waals surface area contributed by atoms with Crippen LogP contribution >= 0.6 is 0 Å². The standard InChI is InChI=1S/C19H26NO.ClH/c1-20(2,3)15-5-6-16-7-9-17(10-8-16)18-11-13-19(21-4)14-12-18;/h7-14H,5-6,15H2,1-4H3;1H/q+1;/p-1. The summed E-state index contributed by atoms with van der Waals surface area (Å²) in [6, 6.07) is 17.1. The zero-order valence-corrected chi connectivity index (χ0v) is 14.7. The highest BCUT2D eigenvalue weighted by Crippen LogP contribution is 2.23. The van der Waals surface area contributed by atoms with Gasteiger partial charge in [0.2, 0.25) is 0 Å². The van der Waals surface area contributed by atoms with Crippen molar-refractivity contribution in [2.75, 3.05) is 34.8 Å². The van der Waals surface area contributed by atoms with Crippen molar-refractivity contribution in [1.82, 2.24) is 0 Å². The second-order valence-corrected chi connectivity index (χ2v) is 6.54. The second kappa shape index (κ2) is 8.21. The highest BCUT2D eigenvalue weighted by atomic mass is 35.5. The van der Waals surface area contributed by atoms with Gasteiger partial charge in [0.15, 0.2) is 0 Å². The van der Waals surface area contributed by atoms with Gasteiger partial charge in [-0.2, -0.15) is 0 Å². The predicted octanol–water partition coefficient (Wildman–Crippen LogP) is 1.00. The smallest absolute Gasteiger partial charge is 0.118 e. The summed E-state index contributed by atoms with van der Waals surface area (Å²) >= 11 is 0. The van der Waals surface area contributed by atoms with E-state index in [1.807, 2.05) is 12.1 Å². The van der Waals surface area contributed by atoms with Crippen molar-refractivity contribution >= 4 is 0 Å². The number of methoxy groups -OCH3 is 1. The maximum absolute atomic E-state index is 5.19. The lowest BCUT2D eigenvalue weighted by Crippen LogP contribution is -3.00. The third-order valence-corrected chi connectivity index (χ3v) is 3.67. The molecule has 2 rings (SSSR count). The molecule has 0 amide bonds. The van der Waals surface area contributed by atoms with Crippen molar-refractivity contribution in [2.24, 2.45) is 0 Å². The molecule has 0 N–H and O–H groups in total. The van der Waals surface area contributed by atoms with Gasteiger partial charge in [-0.1, -0.05) is 36.4 Å². The highest BCUT2D eigenvalue weighted by molar-refractivity contribution is 5.64. The molecule has 0 heterocycles. The van der Waals surface area contributed by atoms with Gasteiger partial charge < -0.3 is 21.6 Å². The Balaban J connectivity index is 0.00000242. The topological polar surface area (TPSA) is 9.23 Å². The van der Waals surface area contributed by atoms with Crippen molar-refractivity contribution in [3.05, 3.63) is 54.1 Å². The van der Waals surface area contributed by atoms with Crippen LogP contribution in [0.15, 0.2) is 48.5 Å². The molecule has 0 bridgehead atoms. The first-order chi connectivity index (χ1) is 9.98. The fraction of sp³-hybridized carbons (Fsp3) is 0.368. The Kier molecular flexibility index (Phi) is 6.92. The van der Waals surface area contributed by atoms with Gasteiger partial charge in [-0.25, -0.2) is 0 Å². The number of hydrogen-bond donors (Lipinski definition) is 0. The summed E-state index contributed by atoms with van der Waals surface area (Å²) in [6.45, 7) is 1.21. The molecule has 3 heteroatoms. The van der Waals surface area contributed by atoms with Gasteiger partial charge in [0.1, 0.15) is 5.75 Å². The Morgan fingerprint density at radius 3 is 1.77 bits per heavy atom. The molecular formula is C19H26ClNO. The molecule has 0 aliphatic heterocycles. The van der Waals surface area contributed by atoms with E-state index >= 15 is 0 Å². The normalized spacial score (nSPS) is 10.9. The summed E-state index contributed by atoms with van der Waals surface area (Å²) in [5.41, 5.74) is 3.91.